The van der Waals surface area contributed by atoms with E-state index in [9.17, 15) is 0 Å². The van der Waals surface area contributed by atoms with Crippen LogP contribution in [0.1, 0.15) is 5.56 Å². The number of nitrogen functional groups attached to an aromatic ring is 1. The SMILES string of the molecule is C=Cc1ccc(OC)c(N)c1. The first-order chi connectivity index (χ1) is 5.27. The molecular weight excluding hydrogens is 138 g/mol. The molecule has 0 heterocycles. The fourth-order valence-corrected chi connectivity index (χ4v) is 0.880. The summed E-state index contributed by atoms with van der Waals surface area (Å²) in [5.74, 6) is 0.704. The zero-order valence-electron chi connectivity index (χ0n) is 6.50. The van der Waals surface area contributed by atoms with Crippen LogP contribution in [0.3, 0.4) is 0 Å². The van der Waals surface area contributed by atoms with E-state index in [1.807, 2.05) is 18.2 Å². The van der Waals surface area contributed by atoms with Crippen molar-refractivity contribution in [3.05, 3.63) is 30.3 Å². The van der Waals surface area contributed by atoms with Crippen molar-refractivity contribution in [2.75, 3.05) is 12.8 Å². The van der Waals surface area contributed by atoms with Gasteiger partial charge in [-0.05, 0) is 17.7 Å². The Labute approximate surface area is 66.3 Å². The predicted molar refractivity (Wildman–Crippen MR) is 47.5 cm³/mol. The van der Waals surface area contributed by atoms with Crippen molar-refractivity contribution in [1.82, 2.24) is 0 Å². The standard InChI is InChI=1S/C9H11NO/c1-3-7-4-5-9(11-2)8(10)6-7/h3-6H,1,10H2,2H3. The Morgan fingerprint density at radius 3 is 2.73 bits per heavy atom. The Morgan fingerprint density at radius 2 is 2.27 bits per heavy atom. The molecule has 1 aromatic rings. The predicted octanol–water partition coefficient (Wildman–Crippen LogP) is 1.92. The number of anilines is 1. The lowest BCUT2D eigenvalue weighted by Crippen LogP contribution is -1.91. The van der Waals surface area contributed by atoms with E-state index < -0.39 is 0 Å². The normalized spacial score (nSPS) is 9.18. The lowest BCUT2D eigenvalue weighted by atomic mass is 10.2. The molecule has 0 radical (unpaired) electrons. The van der Waals surface area contributed by atoms with Crippen LogP contribution in [-0.2, 0) is 0 Å². The highest BCUT2D eigenvalue weighted by Crippen LogP contribution is 2.21. The summed E-state index contributed by atoms with van der Waals surface area (Å²) in [6, 6.07) is 5.56. The third-order valence-corrected chi connectivity index (χ3v) is 1.49. The molecule has 0 saturated carbocycles. The van der Waals surface area contributed by atoms with E-state index in [1.165, 1.54) is 0 Å². The van der Waals surface area contributed by atoms with E-state index in [0.29, 0.717) is 11.4 Å². The number of benzene rings is 1. The number of nitrogens with two attached hydrogens (primary N) is 1. The number of methoxy groups -OCH3 is 1. The maximum absolute atomic E-state index is 5.63. The lowest BCUT2D eigenvalue weighted by molar-refractivity contribution is 0.417. The molecule has 0 bridgehead atoms. The Hall–Kier alpha value is -1.44. The van der Waals surface area contributed by atoms with Crippen molar-refractivity contribution in [2.24, 2.45) is 0 Å². The molecule has 0 atom stereocenters. The third kappa shape index (κ3) is 1.52. The molecule has 2 heteroatoms. The molecule has 0 aliphatic heterocycles. The lowest BCUT2D eigenvalue weighted by Gasteiger charge is -2.03. The van der Waals surface area contributed by atoms with E-state index in [2.05, 4.69) is 6.58 Å². The van der Waals surface area contributed by atoms with Gasteiger partial charge in [0.1, 0.15) is 5.75 Å². The monoisotopic (exact) mass is 149 g/mol. The topological polar surface area (TPSA) is 35.2 Å². The first-order valence-corrected chi connectivity index (χ1v) is 3.34. The summed E-state index contributed by atoms with van der Waals surface area (Å²) in [6.45, 7) is 3.63. The smallest absolute Gasteiger partial charge is 0.141 e. The summed E-state index contributed by atoms with van der Waals surface area (Å²) in [5, 5.41) is 0. The van der Waals surface area contributed by atoms with Crippen LogP contribution in [-0.4, -0.2) is 7.11 Å². The molecule has 1 aromatic carbocycles. The van der Waals surface area contributed by atoms with Gasteiger partial charge in [0.15, 0.2) is 0 Å². The molecule has 2 nitrogen and oxygen atoms in total. The van der Waals surface area contributed by atoms with Crippen molar-refractivity contribution in [3.8, 4) is 5.75 Å². The van der Waals surface area contributed by atoms with E-state index in [1.54, 1.807) is 13.2 Å². The molecule has 0 fully saturated rings. The molecule has 0 amide bonds. The zero-order chi connectivity index (χ0) is 8.27. The van der Waals surface area contributed by atoms with Crippen LogP contribution in [0.15, 0.2) is 24.8 Å². The highest BCUT2D eigenvalue weighted by atomic mass is 16.5. The molecule has 58 valence electrons. The van der Waals surface area contributed by atoms with Crippen LogP contribution in [0.4, 0.5) is 5.69 Å². The van der Waals surface area contributed by atoms with Gasteiger partial charge in [-0.1, -0.05) is 18.7 Å². The second-order valence-corrected chi connectivity index (χ2v) is 2.21. The quantitative estimate of drug-likeness (QED) is 0.652. The molecule has 0 spiro atoms. The van der Waals surface area contributed by atoms with Gasteiger partial charge in [-0.25, -0.2) is 0 Å². The van der Waals surface area contributed by atoms with Crippen molar-refractivity contribution < 1.29 is 4.74 Å². The van der Waals surface area contributed by atoms with Crippen molar-refractivity contribution in [1.29, 1.82) is 0 Å². The van der Waals surface area contributed by atoms with Crippen molar-refractivity contribution in [2.45, 2.75) is 0 Å². The fourth-order valence-electron chi connectivity index (χ4n) is 0.880. The van der Waals surface area contributed by atoms with Gasteiger partial charge in [0.25, 0.3) is 0 Å². The molecular formula is C9H11NO. The minimum atomic E-state index is 0.643. The van der Waals surface area contributed by atoms with Gasteiger partial charge in [0.05, 0.1) is 12.8 Å². The molecule has 2 N–H and O–H groups in total. The molecule has 0 aliphatic rings. The van der Waals surface area contributed by atoms with Crippen LogP contribution in [0.25, 0.3) is 6.08 Å². The van der Waals surface area contributed by atoms with Gasteiger partial charge in [-0.3, -0.25) is 0 Å². The summed E-state index contributed by atoms with van der Waals surface area (Å²) in [6.07, 6.45) is 1.75. The number of ether oxygens (including phenoxy) is 1. The first kappa shape index (κ1) is 7.66. The Bertz CT molecular complexity index is 268. The van der Waals surface area contributed by atoms with Crippen LogP contribution >= 0.6 is 0 Å². The van der Waals surface area contributed by atoms with Crippen LogP contribution in [0.5, 0.6) is 5.75 Å². The Morgan fingerprint density at radius 1 is 1.55 bits per heavy atom. The minimum absolute atomic E-state index is 0.643. The number of rotatable bonds is 2. The maximum Gasteiger partial charge on any atom is 0.141 e. The fraction of sp³-hybridized carbons (Fsp3) is 0.111. The van der Waals surface area contributed by atoms with E-state index in [4.69, 9.17) is 10.5 Å². The van der Waals surface area contributed by atoms with Gasteiger partial charge in [-0.2, -0.15) is 0 Å². The molecule has 0 aliphatic carbocycles. The summed E-state index contributed by atoms with van der Waals surface area (Å²) >= 11 is 0. The maximum atomic E-state index is 5.63. The Balaban J connectivity index is 3.09. The minimum Gasteiger partial charge on any atom is -0.495 e. The summed E-state index contributed by atoms with van der Waals surface area (Å²) in [4.78, 5) is 0. The van der Waals surface area contributed by atoms with Gasteiger partial charge in [0.2, 0.25) is 0 Å². The van der Waals surface area contributed by atoms with Gasteiger partial charge >= 0.3 is 0 Å². The average molecular weight is 149 g/mol. The molecule has 0 unspecified atom stereocenters. The number of hydrogen-bond acceptors (Lipinski definition) is 2. The van der Waals surface area contributed by atoms with Crippen LogP contribution in [0.2, 0.25) is 0 Å². The van der Waals surface area contributed by atoms with E-state index in [-0.39, 0.29) is 0 Å². The highest BCUT2D eigenvalue weighted by Gasteiger charge is 1.96. The number of hydrogen-bond donors (Lipinski definition) is 1. The van der Waals surface area contributed by atoms with Gasteiger partial charge in [0, 0.05) is 0 Å². The molecule has 11 heavy (non-hydrogen) atoms. The van der Waals surface area contributed by atoms with E-state index in [0.717, 1.165) is 5.56 Å². The second-order valence-electron chi connectivity index (χ2n) is 2.21. The average Bonchev–Trinajstić information content (AvgIpc) is 2.04. The van der Waals surface area contributed by atoms with Crippen molar-refractivity contribution in [3.63, 3.8) is 0 Å². The first-order valence-electron chi connectivity index (χ1n) is 3.34. The molecule has 1 rings (SSSR count). The largest absolute Gasteiger partial charge is 0.495 e. The van der Waals surface area contributed by atoms with E-state index >= 15 is 0 Å². The third-order valence-electron chi connectivity index (χ3n) is 1.49. The van der Waals surface area contributed by atoms with Crippen molar-refractivity contribution >= 4 is 11.8 Å². The second kappa shape index (κ2) is 3.10. The van der Waals surface area contributed by atoms with Crippen LogP contribution < -0.4 is 10.5 Å². The molecule has 0 saturated heterocycles. The Kier molecular flexibility index (Phi) is 2.16. The highest BCUT2D eigenvalue weighted by molar-refractivity contribution is 5.60. The van der Waals surface area contributed by atoms with Gasteiger partial charge < -0.3 is 10.5 Å². The van der Waals surface area contributed by atoms with Gasteiger partial charge in [-0.15, -0.1) is 0 Å². The summed E-state index contributed by atoms with van der Waals surface area (Å²) in [5.41, 5.74) is 7.28. The molecule has 0 aromatic heterocycles. The summed E-state index contributed by atoms with van der Waals surface area (Å²) in [7, 11) is 1.60. The zero-order valence-corrected chi connectivity index (χ0v) is 6.50. The van der Waals surface area contributed by atoms with Crippen LogP contribution in [0, 0.1) is 0 Å². The summed E-state index contributed by atoms with van der Waals surface area (Å²) < 4.78 is 4.99.